The smallest absolute Gasteiger partial charge is 0.343 e. The number of carbonyl (C=O) groups is 1. The van der Waals surface area contributed by atoms with Crippen LogP contribution in [0, 0.1) is 0 Å². The number of cyclic esters (lactones) is 1. The Labute approximate surface area is 235 Å². The van der Waals surface area contributed by atoms with Crippen molar-refractivity contribution in [2.45, 2.75) is 19.8 Å². The summed E-state index contributed by atoms with van der Waals surface area (Å²) in [6.45, 7) is 5.63. The molecule has 2 aromatic carbocycles. The molecule has 0 spiro atoms. The maximum atomic E-state index is 12.5. The zero-order valence-electron chi connectivity index (χ0n) is 22.4. The van der Waals surface area contributed by atoms with Gasteiger partial charge in [-0.05, 0) is 65.8 Å². The van der Waals surface area contributed by atoms with Crippen LogP contribution >= 0.6 is 0 Å². The standard InChI is InChI=1S/C36H30O4/c1-3-4-5-7-11-26(2)34-24-32(36(37)38-34)22-27-12-10-15-29(19-16-27)30-20-17-28(18-21-30)23-33-25-35(40-39-33)31-13-8-6-9-14-31/h3,5-14,16-25H,1,4,15H2,2H3/b7-5-,26-11+,32-22-,33-23-. The first-order chi connectivity index (χ1) is 19.6. The predicted molar refractivity (Wildman–Crippen MR) is 161 cm³/mol. The number of benzene rings is 2. The Balaban J connectivity index is 1.28. The van der Waals surface area contributed by atoms with Crippen molar-refractivity contribution in [2.75, 3.05) is 0 Å². The van der Waals surface area contributed by atoms with Gasteiger partial charge in [0, 0.05) is 11.6 Å². The molecule has 4 heteroatoms. The average Bonchev–Trinajstić information content (AvgIpc) is 3.52. The Morgan fingerprint density at radius 3 is 2.58 bits per heavy atom. The highest BCUT2D eigenvalue weighted by Crippen LogP contribution is 2.29. The monoisotopic (exact) mass is 526 g/mol. The number of hydrogen-bond acceptors (Lipinski definition) is 4. The summed E-state index contributed by atoms with van der Waals surface area (Å²) in [4.78, 5) is 23.2. The lowest BCUT2D eigenvalue weighted by Gasteiger charge is -2.05. The van der Waals surface area contributed by atoms with E-state index in [9.17, 15) is 4.79 Å². The van der Waals surface area contributed by atoms with Gasteiger partial charge in [-0.25, -0.2) is 4.79 Å². The molecule has 0 N–H and O–H groups in total. The summed E-state index contributed by atoms with van der Waals surface area (Å²) in [5, 5.41) is 0. The fourth-order valence-corrected chi connectivity index (χ4v) is 4.31. The van der Waals surface area contributed by atoms with Crippen molar-refractivity contribution in [1.29, 1.82) is 0 Å². The largest absolute Gasteiger partial charge is 0.423 e. The van der Waals surface area contributed by atoms with Crippen LogP contribution in [0.15, 0.2) is 156 Å². The summed E-state index contributed by atoms with van der Waals surface area (Å²) >= 11 is 0. The average molecular weight is 527 g/mol. The van der Waals surface area contributed by atoms with Gasteiger partial charge in [0.25, 0.3) is 0 Å². The van der Waals surface area contributed by atoms with Crippen LogP contribution in [0.5, 0.6) is 0 Å². The number of rotatable bonds is 8. The van der Waals surface area contributed by atoms with E-state index in [2.05, 4.69) is 43.0 Å². The minimum Gasteiger partial charge on any atom is -0.423 e. The van der Waals surface area contributed by atoms with Crippen LogP contribution in [0.4, 0.5) is 0 Å². The number of esters is 1. The molecule has 0 aromatic heterocycles. The fourth-order valence-electron chi connectivity index (χ4n) is 4.31. The highest BCUT2D eigenvalue weighted by atomic mass is 17.2. The molecule has 40 heavy (non-hydrogen) atoms. The number of ether oxygens (including phenoxy) is 1. The van der Waals surface area contributed by atoms with E-state index in [1.54, 1.807) is 6.08 Å². The molecule has 0 radical (unpaired) electrons. The first kappa shape index (κ1) is 26.5. The van der Waals surface area contributed by atoms with Gasteiger partial charge in [0.05, 0.1) is 5.57 Å². The second-order valence-electron chi connectivity index (χ2n) is 9.48. The summed E-state index contributed by atoms with van der Waals surface area (Å²) < 4.78 is 5.48. The normalized spacial score (nSPS) is 19.0. The lowest BCUT2D eigenvalue weighted by Crippen LogP contribution is -1.98. The summed E-state index contributed by atoms with van der Waals surface area (Å²) in [6, 6.07) is 18.2. The van der Waals surface area contributed by atoms with Crippen LogP contribution in [0.2, 0.25) is 0 Å². The molecular weight excluding hydrogens is 496 g/mol. The second-order valence-corrected chi connectivity index (χ2v) is 9.48. The van der Waals surface area contributed by atoms with E-state index in [1.807, 2.05) is 91.9 Å². The molecule has 2 aliphatic heterocycles. The van der Waals surface area contributed by atoms with E-state index in [0.717, 1.165) is 40.7 Å². The maximum absolute atomic E-state index is 12.5. The van der Waals surface area contributed by atoms with Crippen LogP contribution in [0.3, 0.4) is 0 Å². The van der Waals surface area contributed by atoms with Crippen molar-refractivity contribution in [3.05, 3.63) is 173 Å². The molecule has 2 heterocycles. The molecule has 0 bridgehead atoms. The maximum Gasteiger partial charge on any atom is 0.343 e. The molecule has 0 fully saturated rings. The first-order valence-electron chi connectivity index (χ1n) is 13.2. The second kappa shape index (κ2) is 12.6. The summed E-state index contributed by atoms with van der Waals surface area (Å²) in [5.74, 6) is 1.58. The highest BCUT2D eigenvalue weighted by molar-refractivity contribution is 5.96. The number of carbonyl (C=O) groups excluding carboxylic acids is 1. The van der Waals surface area contributed by atoms with Crippen molar-refractivity contribution >= 4 is 23.4 Å². The molecule has 0 unspecified atom stereocenters. The molecule has 198 valence electrons. The summed E-state index contributed by atoms with van der Waals surface area (Å²) in [5.41, 5.74) is 6.67. The van der Waals surface area contributed by atoms with Gasteiger partial charge < -0.3 is 4.74 Å². The zero-order chi connectivity index (χ0) is 27.7. The van der Waals surface area contributed by atoms with Crippen molar-refractivity contribution < 1.29 is 19.3 Å². The lowest BCUT2D eigenvalue weighted by atomic mass is 10.0. The SMILES string of the molecule is C=CC/C=C\C=C(/C)C1=C/C(=C/C2=CC=C(c3ccc(/C=C4/C=C(c5ccccc5)OO4)cc3)CC=C2)C(=O)O1. The van der Waals surface area contributed by atoms with Gasteiger partial charge in [-0.3, -0.25) is 9.78 Å². The van der Waals surface area contributed by atoms with Crippen LogP contribution in [0.1, 0.15) is 36.5 Å². The molecule has 3 aliphatic rings. The highest BCUT2D eigenvalue weighted by Gasteiger charge is 2.21. The van der Waals surface area contributed by atoms with Gasteiger partial charge >= 0.3 is 5.97 Å². The Morgan fingerprint density at radius 2 is 1.77 bits per heavy atom. The van der Waals surface area contributed by atoms with Crippen molar-refractivity contribution in [3.8, 4) is 0 Å². The Bertz CT molecular complexity index is 1570. The molecule has 2 aromatic rings. The predicted octanol–water partition coefficient (Wildman–Crippen LogP) is 8.75. The zero-order valence-corrected chi connectivity index (χ0v) is 22.4. The van der Waals surface area contributed by atoms with E-state index >= 15 is 0 Å². The van der Waals surface area contributed by atoms with Crippen molar-refractivity contribution in [1.82, 2.24) is 0 Å². The van der Waals surface area contributed by atoms with Gasteiger partial charge in [0.15, 0.2) is 11.5 Å². The third kappa shape index (κ3) is 6.66. The molecule has 0 atom stereocenters. The van der Waals surface area contributed by atoms with Crippen LogP contribution < -0.4 is 0 Å². The van der Waals surface area contributed by atoms with Crippen LogP contribution in [0.25, 0.3) is 17.4 Å². The summed E-state index contributed by atoms with van der Waals surface area (Å²) in [6.07, 6.45) is 25.0. The molecule has 4 nitrogen and oxygen atoms in total. The Kier molecular flexibility index (Phi) is 8.38. The molecule has 5 rings (SSSR count). The van der Waals surface area contributed by atoms with Crippen LogP contribution in [-0.4, -0.2) is 5.97 Å². The minimum atomic E-state index is -0.340. The lowest BCUT2D eigenvalue weighted by molar-refractivity contribution is -0.177. The quantitative estimate of drug-likeness (QED) is 0.113. The minimum absolute atomic E-state index is 0.340. The van der Waals surface area contributed by atoms with Gasteiger partial charge in [-0.15, -0.1) is 6.58 Å². The number of hydrogen-bond donors (Lipinski definition) is 0. The molecule has 0 amide bonds. The van der Waals surface area contributed by atoms with Crippen LogP contribution in [-0.2, 0) is 19.3 Å². The Hall–Kier alpha value is -5.09. The van der Waals surface area contributed by atoms with Gasteiger partial charge in [0.1, 0.15) is 5.76 Å². The summed E-state index contributed by atoms with van der Waals surface area (Å²) in [7, 11) is 0. The molecule has 0 saturated heterocycles. The van der Waals surface area contributed by atoms with Gasteiger partial charge in [-0.1, -0.05) is 103 Å². The fraction of sp³-hybridized carbons (Fsp3) is 0.0833. The molecular formula is C36H30O4. The number of allylic oxidation sites excluding steroid dienone is 13. The van der Waals surface area contributed by atoms with Gasteiger partial charge in [0.2, 0.25) is 0 Å². The van der Waals surface area contributed by atoms with Crippen molar-refractivity contribution in [3.63, 3.8) is 0 Å². The topological polar surface area (TPSA) is 44.8 Å². The Morgan fingerprint density at radius 1 is 0.950 bits per heavy atom. The first-order valence-corrected chi connectivity index (χ1v) is 13.2. The molecule has 0 saturated carbocycles. The van der Waals surface area contributed by atoms with E-state index in [-0.39, 0.29) is 5.97 Å². The third-order valence-corrected chi connectivity index (χ3v) is 6.50. The van der Waals surface area contributed by atoms with E-state index in [0.29, 0.717) is 22.9 Å². The van der Waals surface area contributed by atoms with E-state index < -0.39 is 0 Å². The van der Waals surface area contributed by atoms with Crippen molar-refractivity contribution in [2.24, 2.45) is 0 Å². The third-order valence-electron chi connectivity index (χ3n) is 6.50. The van der Waals surface area contributed by atoms with E-state index in [1.165, 1.54) is 5.57 Å². The van der Waals surface area contributed by atoms with E-state index in [4.69, 9.17) is 14.5 Å². The molecule has 1 aliphatic carbocycles. The van der Waals surface area contributed by atoms with Gasteiger partial charge in [-0.2, -0.15) is 0 Å².